The highest BCUT2D eigenvalue weighted by molar-refractivity contribution is 6.11. The van der Waals surface area contributed by atoms with E-state index in [2.05, 4.69) is 15.6 Å². The molecule has 0 aliphatic rings. The van der Waals surface area contributed by atoms with Crippen molar-refractivity contribution in [1.29, 1.82) is 0 Å². The number of aliphatic hydroxyl groups is 1. The van der Waals surface area contributed by atoms with Crippen LogP contribution in [0.3, 0.4) is 0 Å². The number of esters is 1. The topological polar surface area (TPSA) is 105 Å². The molecule has 0 aliphatic carbocycles. The zero-order valence-electron chi connectivity index (χ0n) is 19.8. The Labute approximate surface area is 194 Å². The number of aryl methyl sites for hydroxylation is 2. The van der Waals surface area contributed by atoms with Crippen LogP contribution in [0.1, 0.15) is 49.7 Å². The van der Waals surface area contributed by atoms with Gasteiger partial charge in [0.05, 0.1) is 30.3 Å². The van der Waals surface area contributed by atoms with Crippen LogP contribution < -0.4 is 10.6 Å². The summed E-state index contributed by atoms with van der Waals surface area (Å²) in [4.78, 5) is 29.8. The molecule has 0 unspecified atom stereocenters. The van der Waals surface area contributed by atoms with Gasteiger partial charge in [-0.25, -0.2) is 9.78 Å². The highest BCUT2D eigenvalue weighted by Crippen LogP contribution is 2.32. The van der Waals surface area contributed by atoms with Crippen molar-refractivity contribution in [2.24, 2.45) is 7.05 Å². The van der Waals surface area contributed by atoms with Gasteiger partial charge in [-0.1, -0.05) is 30.3 Å². The quantitative estimate of drug-likeness (QED) is 0.426. The van der Waals surface area contributed by atoms with E-state index in [1.54, 1.807) is 31.7 Å². The van der Waals surface area contributed by atoms with Gasteiger partial charge in [0.2, 0.25) is 5.91 Å². The number of nitrogens with zero attached hydrogens (tertiary/aromatic N) is 2. The Morgan fingerprint density at radius 2 is 1.94 bits per heavy atom. The number of carbonyl (C=O) groups is 2. The minimum atomic E-state index is -0.813. The summed E-state index contributed by atoms with van der Waals surface area (Å²) in [5, 5.41) is 17.0. The molecule has 0 radical (unpaired) electrons. The number of hydrogen-bond acceptors (Lipinski definition) is 6. The molecule has 0 fully saturated rings. The SMILES string of the molecule is COC(=O)c1c(NC(=O)CCc2ccccc2)c2cc(N[C@@H](C)CC(C)(C)O)cnc2n1C. The van der Waals surface area contributed by atoms with Crippen LogP contribution in [0.2, 0.25) is 0 Å². The van der Waals surface area contributed by atoms with Crippen molar-refractivity contribution in [2.75, 3.05) is 17.7 Å². The summed E-state index contributed by atoms with van der Waals surface area (Å²) in [6, 6.07) is 11.6. The fourth-order valence-electron chi connectivity index (χ4n) is 4.04. The third kappa shape index (κ3) is 6.10. The van der Waals surface area contributed by atoms with Crippen LogP contribution in [-0.4, -0.2) is 45.3 Å². The molecule has 0 spiro atoms. The molecular weight excluding hydrogens is 420 g/mol. The molecular formula is C25H32N4O4. The number of fused-ring (bicyclic) bond motifs is 1. The molecule has 3 N–H and O–H groups in total. The van der Waals surface area contributed by atoms with Crippen molar-refractivity contribution in [3.63, 3.8) is 0 Å². The summed E-state index contributed by atoms with van der Waals surface area (Å²) in [7, 11) is 3.02. The first-order chi connectivity index (χ1) is 15.6. The standard InChI is InChI=1S/C25H32N4O4/c1-16(14-25(2,3)32)27-18-13-19-21(22(24(31)33-5)29(4)23(19)26-15-18)28-20(30)12-11-17-9-7-6-8-10-17/h6-10,13,15-16,27,32H,11-12,14H2,1-5H3,(H,28,30)/t16-/m0/s1. The van der Waals surface area contributed by atoms with Gasteiger partial charge in [-0.2, -0.15) is 0 Å². The number of methoxy groups -OCH3 is 1. The minimum absolute atomic E-state index is 0.0167. The lowest BCUT2D eigenvalue weighted by Gasteiger charge is -2.23. The monoisotopic (exact) mass is 452 g/mol. The second kappa shape index (κ2) is 10.0. The normalized spacial score (nSPS) is 12.4. The van der Waals surface area contributed by atoms with E-state index in [1.807, 2.05) is 43.3 Å². The Kier molecular flexibility index (Phi) is 7.38. The number of pyridine rings is 1. The maximum Gasteiger partial charge on any atom is 0.356 e. The predicted molar refractivity (Wildman–Crippen MR) is 129 cm³/mol. The van der Waals surface area contributed by atoms with Crippen LogP contribution in [0.15, 0.2) is 42.6 Å². The molecule has 176 valence electrons. The maximum atomic E-state index is 12.8. The number of anilines is 2. The van der Waals surface area contributed by atoms with Crippen LogP contribution in [-0.2, 0) is 23.0 Å². The van der Waals surface area contributed by atoms with Crippen molar-refractivity contribution in [2.45, 2.75) is 51.7 Å². The zero-order valence-corrected chi connectivity index (χ0v) is 19.8. The largest absolute Gasteiger partial charge is 0.464 e. The van der Waals surface area contributed by atoms with E-state index in [0.29, 0.717) is 29.6 Å². The van der Waals surface area contributed by atoms with Crippen molar-refractivity contribution < 1.29 is 19.4 Å². The maximum absolute atomic E-state index is 12.8. The molecule has 3 rings (SSSR count). The van der Waals surface area contributed by atoms with Gasteiger partial charge in [0.1, 0.15) is 5.65 Å². The van der Waals surface area contributed by atoms with E-state index in [-0.39, 0.29) is 24.1 Å². The van der Waals surface area contributed by atoms with E-state index in [4.69, 9.17) is 4.74 Å². The average molecular weight is 453 g/mol. The Bertz CT molecular complexity index is 1130. The van der Waals surface area contributed by atoms with Gasteiger partial charge >= 0.3 is 5.97 Å². The van der Waals surface area contributed by atoms with E-state index >= 15 is 0 Å². The number of benzene rings is 1. The van der Waals surface area contributed by atoms with Crippen molar-refractivity contribution in [3.05, 3.63) is 53.9 Å². The third-order valence-electron chi connectivity index (χ3n) is 5.37. The van der Waals surface area contributed by atoms with Gasteiger partial charge in [0.25, 0.3) is 0 Å². The lowest BCUT2D eigenvalue weighted by atomic mass is 10.0. The van der Waals surface area contributed by atoms with Crippen molar-refractivity contribution in [3.8, 4) is 0 Å². The molecule has 2 aromatic heterocycles. The first-order valence-electron chi connectivity index (χ1n) is 11.0. The first-order valence-corrected chi connectivity index (χ1v) is 11.0. The molecule has 3 aromatic rings. The average Bonchev–Trinajstić information content (AvgIpc) is 3.02. The van der Waals surface area contributed by atoms with Crippen LogP contribution >= 0.6 is 0 Å². The predicted octanol–water partition coefficient (Wildman–Crippen LogP) is 3.89. The Balaban J connectivity index is 1.90. The number of hydrogen-bond donors (Lipinski definition) is 3. The number of carbonyl (C=O) groups excluding carboxylic acids is 2. The zero-order chi connectivity index (χ0) is 24.2. The number of rotatable bonds is 9. The first kappa shape index (κ1) is 24.3. The number of amides is 1. The summed E-state index contributed by atoms with van der Waals surface area (Å²) in [5.74, 6) is -0.760. The van der Waals surface area contributed by atoms with Crippen LogP contribution in [0.5, 0.6) is 0 Å². The van der Waals surface area contributed by atoms with Gasteiger partial charge in [0, 0.05) is 24.9 Å². The summed E-state index contributed by atoms with van der Waals surface area (Å²) >= 11 is 0. The molecule has 0 bridgehead atoms. The number of ether oxygens (including phenoxy) is 1. The number of nitrogens with one attached hydrogen (secondary N) is 2. The van der Waals surface area contributed by atoms with Crippen LogP contribution in [0.4, 0.5) is 11.4 Å². The second-order valence-corrected chi connectivity index (χ2v) is 8.97. The van der Waals surface area contributed by atoms with Gasteiger partial charge in [-0.15, -0.1) is 0 Å². The van der Waals surface area contributed by atoms with Crippen LogP contribution in [0.25, 0.3) is 11.0 Å². The van der Waals surface area contributed by atoms with Gasteiger partial charge in [0.15, 0.2) is 5.69 Å². The molecule has 0 aliphatic heterocycles. The van der Waals surface area contributed by atoms with E-state index in [1.165, 1.54) is 7.11 Å². The Hall–Kier alpha value is -3.39. The smallest absolute Gasteiger partial charge is 0.356 e. The minimum Gasteiger partial charge on any atom is -0.464 e. The van der Waals surface area contributed by atoms with Gasteiger partial charge in [-0.05, 0) is 45.2 Å². The Morgan fingerprint density at radius 1 is 1.24 bits per heavy atom. The summed E-state index contributed by atoms with van der Waals surface area (Å²) in [6.07, 6.45) is 3.07. The molecule has 1 atom stereocenters. The van der Waals surface area contributed by atoms with E-state index in [0.717, 1.165) is 11.3 Å². The molecule has 2 heterocycles. The highest BCUT2D eigenvalue weighted by Gasteiger charge is 2.25. The lowest BCUT2D eigenvalue weighted by Crippen LogP contribution is -2.29. The molecule has 33 heavy (non-hydrogen) atoms. The third-order valence-corrected chi connectivity index (χ3v) is 5.37. The summed E-state index contributed by atoms with van der Waals surface area (Å²) < 4.78 is 6.59. The van der Waals surface area contributed by atoms with E-state index < -0.39 is 11.6 Å². The molecule has 0 saturated carbocycles. The molecule has 1 amide bonds. The van der Waals surface area contributed by atoms with Crippen molar-refractivity contribution in [1.82, 2.24) is 9.55 Å². The highest BCUT2D eigenvalue weighted by atomic mass is 16.5. The fourth-order valence-corrected chi connectivity index (χ4v) is 4.04. The second-order valence-electron chi connectivity index (χ2n) is 8.97. The molecule has 8 heteroatoms. The molecule has 8 nitrogen and oxygen atoms in total. The lowest BCUT2D eigenvalue weighted by molar-refractivity contribution is -0.116. The number of aromatic nitrogens is 2. The van der Waals surface area contributed by atoms with Gasteiger partial charge < -0.3 is 25.0 Å². The summed E-state index contributed by atoms with van der Waals surface area (Å²) in [5.41, 5.74) is 2.13. The van der Waals surface area contributed by atoms with E-state index in [9.17, 15) is 14.7 Å². The van der Waals surface area contributed by atoms with Crippen LogP contribution in [0, 0.1) is 0 Å². The van der Waals surface area contributed by atoms with Crippen molar-refractivity contribution >= 4 is 34.3 Å². The molecule has 0 saturated heterocycles. The summed E-state index contributed by atoms with van der Waals surface area (Å²) in [6.45, 7) is 5.49. The fraction of sp³-hybridized carbons (Fsp3) is 0.400. The van der Waals surface area contributed by atoms with Gasteiger partial charge in [-0.3, -0.25) is 4.79 Å². The Morgan fingerprint density at radius 3 is 2.58 bits per heavy atom. The molecule has 1 aromatic carbocycles.